The summed E-state index contributed by atoms with van der Waals surface area (Å²) >= 11 is 0. The van der Waals surface area contributed by atoms with Crippen molar-refractivity contribution < 1.29 is 19.0 Å². The average molecular weight is 404 g/mol. The highest BCUT2D eigenvalue weighted by Gasteiger charge is 2.11. The maximum absolute atomic E-state index is 12.2. The van der Waals surface area contributed by atoms with Crippen molar-refractivity contribution in [1.29, 1.82) is 5.26 Å². The van der Waals surface area contributed by atoms with Crippen LogP contribution in [0, 0.1) is 11.3 Å². The summed E-state index contributed by atoms with van der Waals surface area (Å²) in [6, 6.07) is 13.3. The Kier molecular flexibility index (Phi) is 7.12. The smallest absolute Gasteiger partial charge is 0.331 e. The first kappa shape index (κ1) is 21.0. The van der Waals surface area contributed by atoms with E-state index in [2.05, 4.69) is 6.07 Å². The molecule has 30 heavy (non-hydrogen) atoms. The van der Waals surface area contributed by atoms with E-state index < -0.39 is 5.97 Å². The van der Waals surface area contributed by atoms with Crippen LogP contribution in [0.25, 0.3) is 11.6 Å². The van der Waals surface area contributed by atoms with Crippen LogP contribution in [0.4, 0.5) is 0 Å². The van der Waals surface area contributed by atoms with Crippen LogP contribution in [-0.2, 0) is 16.1 Å². The van der Waals surface area contributed by atoms with Gasteiger partial charge in [0.15, 0.2) is 11.5 Å². The van der Waals surface area contributed by atoms with Gasteiger partial charge in [0.25, 0.3) is 0 Å². The first-order valence-corrected chi connectivity index (χ1v) is 9.89. The van der Waals surface area contributed by atoms with Crippen LogP contribution >= 0.6 is 0 Å². The van der Waals surface area contributed by atoms with E-state index in [4.69, 9.17) is 14.2 Å². The minimum absolute atomic E-state index is 0.0295. The molecule has 0 aliphatic carbocycles. The van der Waals surface area contributed by atoms with E-state index in [0.717, 1.165) is 17.5 Å². The van der Waals surface area contributed by atoms with Gasteiger partial charge in [0.05, 0.1) is 24.3 Å². The molecule has 3 aromatic rings. The van der Waals surface area contributed by atoms with E-state index in [9.17, 15) is 10.1 Å². The topological polar surface area (TPSA) is 73.0 Å². The third-order valence-electron chi connectivity index (χ3n) is 4.39. The van der Waals surface area contributed by atoms with Gasteiger partial charge in [0.1, 0.15) is 12.7 Å². The van der Waals surface area contributed by atoms with Crippen LogP contribution in [-0.4, -0.2) is 23.6 Å². The molecule has 0 saturated heterocycles. The van der Waals surface area contributed by atoms with Gasteiger partial charge in [0.2, 0.25) is 0 Å². The van der Waals surface area contributed by atoms with Gasteiger partial charge in [-0.05, 0) is 49.2 Å². The molecule has 1 aromatic carbocycles. The molecule has 0 bridgehead atoms. The summed E-state index contributed by atoms with van der Waals surface area (Å²) in [7, 11) is 0. The Hall–Kier alpha value is -3.72. The van der Waals surface area contributed by atoms with Crippen LogP contribution in [0.5, 0.6) is 11.5 Å². The highest BCUT2D eigenvalue weighted by molar-refractivity contribution is 5.87. The fourth-order valence-corrected chi connectivity index (χ4v) is 3.01. The third-order valence-corrected chi connectivity index (χ3v) is 4.39. The Morgan fingerprint density at radius 3 is 2.80 bits per heavy atom. The molecular weight excluding hydrogens is 380 g/mol. The highest BCUT2D eigenvalue weighted by Crippen LogP contribution is 2.29. The minimum Gasteiger partial charge on any atom is -0.490 e. The van der Waals surface area contributed by atoms with Gasteiger partial charge in [-0.2, -0.15) is 5.26 Å². The van der Waals surface area contributed by atoms with E-state index in [-0.39, 0.29) is 6.61 Å². The quantitative estimate of drug-likeness (QED) is 0.380. The summed E-state index contributed by atoms with van der Waals surface area (Å²) < 4.78 is 18.5. The van der Waals surface area contributed by atoms with Gasteiger partial charge in [-0.3, -0.25) is 0 Å². The molecule has 0 fully saturated rings. The summed E-state index contributed by atoms with van der Waals surface area (Å²) in [6.45, 7) is 5.11. The van der Waals surface area contributed by atoms with Crippen molar-refractivity contribution in [2.75, 3.05) is 13.2 Å². The molecule has 154 valence electrons. The van der Waals surface area contributed by atoms with Crippen LogP contribution in [0.1, 0.15) is 37.0 Å². The number of benzene rings is 1. The van der Waals surface area contributed by atoms with Gasteiger partial charge in [0, 0.05) is 24.0 Å². The Bertz CT molecular complexity index is 1090. The summed E-state index contributed by atoms with van der Waals surface area (Å²) in [4.78, 5) is 12.2. The van der Waals surface area contributed by atoms with Crippen LogP contribution in [0.3, 0.4) is 0 Å². The van der Waals surface area contributed by atoms with Crippen LogP contribution < -0.4 is 9.47 Å². The molecule has 2 aromatic heterocycles. The summed E-state index contributed by atoms with van der Waals surface area (Å²) in [5.74, 6) is 0.835. The number of pyridine rings is 1. The Morgan fingerprint density at radius 2 is 2.03 bits per heavy atom. The highest BCUT2D eigenvalue weighted by atomic mass is 16.5. The molecule has 0 saturated carbocycles. The maximum atomic E-state index is 12.2. The molecule has 0 atom stereocenters. The second-order valence-corrected chi connectivity index (χ2v) is 6.56. The summed E-state index contributed by atoms with van der Waals surface area (Å²) in [6.07, 6.45) is 7.58. The van der Waals surface area contributed by atoms with E-state index in [1.165, 1.54) is 6.08 Å². The van der Waals surface area contributed by atoms with Crippen LogP contribution in [0.2, 0.25) is 0 Å². The molecule has 0 unspecified atom stereocenters. The molecule has 3 rings (SSSR count). The van der Waals surface area contributed by atoms with Gasteiger partial charge >= 0.3 is 5.97 Å². The molecule has 2 heterocycles. The lowest BCUT2D eigenvalue weighted by Crippen LogP contribution is -2.01. The van der Waals surface area contributed by atoms with Crippen molar-refractivity contribution in [2.24, 2.45) is 0 Å². The van der Waals surface area contributed by atoms with Crippen molar-refractivity contribution in [3.05, 3.63) is 71.6 Å². The SMILES string of the molecule is CCCOc1ccc(/C=C/C(=O)OCc2cn3ccccc3c2C#N)cc1OCC. The van der Waals surface area contributed by atoms with E-state index in [1.807, 2.05) is 60.8 Å². The predicted molar refractivity (Wildman–Crippen MR) is 114 cm³/mol. The second kappa shape index (κ2) is 10.2. The molecule has 0 aliphatic rings. The van der Waals surface area contributed by atoms with E-state index in [0.29, 0.717) is 35.8 Å². The van der Waals surface area contributed by atoms with Gasteiger partial charge in [-0.15, -0.1) is 0 Å². The maximum Gasteiger partial charge on any atom is 0.331 e. The fraction of sp³-hybridized carbons (Fsp3) is 0.250. The number of hydrogen-bond acceptors (Lipinski definition) is 5. The molecule has 6 heteroatoms. The summed E-state index contributed by atoms with van der Waals surface area (Å²) in [5, 5.41) is 9.43. The van der Waals surface area contributed by atoms with Crippen molar-refractivity contribution in [3.8, 4) is 17.6 Å². The number of aromatic nitrogens is 1. The first-order chi connectivity index (χ1) is 14.7. The van der Waals surface area contributed by atoms with Crippen molar-refractivity contribution in [2.45, 2.75) is 26.9 Å². The van der Waals surface area contributed by atoms with Gasteiger partial charge in [-0.1, -0.05) is 19.1 Å². The zero-order chi connectivity index (χ0) is 21.3. The minimum atomic E-state index is -0.488. The number of carbonyl (C=O) groups is 1. The Balaban J connectivity index is 1.66. The van der Waals surface area contributed by atoms with E-state index >= 15 is 0 Å². The van der Waals surface area contributed by atoms with Crippen molar-refractivity contribution in [1.82, 2.24) is 4.40 Å². The fourth-order valence-electron chi connectivity index (χ4n) is 3.01. The molecule has 0 N–H and O–H groups in total. The standard InChI is InChI=1S/C24H24N2O4/c1-3-13-29-22-10-8-18(14-23(22)28-4-2)9-11-24(27)30-17-19-16-26-12-6-5-7-21(26)20(19)15-25/h5-12,14,16H,3-4,13,17H2,1-2H3/b11-9+. The predicted octanol–water partition coefficient (Wildman–Crippen LogP) is 4.76. The molecule has 0 spiro atoms. The largest absolute Gasteiger partial charge is 0.490 e. The number of hydrogen-bond donors (Lipinski definition) is 0. The number of rotatable bonds is 9. The van der Waals surface area contributed by atoms with Gasteiger partial charge < -0.3 is 18.6 Å². The van der Waals surface area contributed by atoms with Gasteiger partial charge in [-0.25, -0.2) is 4.79 Å². The first-order valence-electron chi connectivity index (χ1n) is 9.89. The molecule has 6 nitrogen and oxygen atoms in total. The number of ether oxygens (including phenoxy) is 3. The summed E-state index contributed by atoms with van der Waals surface area (Å²) in [5.41, 5.74) is 2.76. The molecule has 0 radical (unpaired) electrons. The average Bonchev–Trinajstić information content (AvgIpc) is 3.13. The normalized spacial score (nSPS) is 10.8. The van der Waals surface area contributed by atoms with Crippen molar-refractivity contribution >= 4 is 17.6 Å². The second-order valence-electron chi connectivity index (χ2n) is 6.56. The zero-order valence-corrected chi connectivity index (χ0v) is 17.1. The molecule has 0 amide bonds. The lowest BCUT2D eigenvalue weighted by molar-refractivity contribution is -0.138. The molecular formula is C24H24N2O4. The lowest BCUT2D eigenvalue weighted by Gasteiger charge is -2.12. The molecule has 0 aliphatic heterocycles. The Morgan fingerprint density at radius 1 is 1.17 bits per heavy atom. The number of nitriles is 1. The van der Waals surface area contributed by atoms with E-state index in [1.54, 1.807) is 12.3 Å². The zero-order valence-electron chi connectivity index (χ0n) is 17.1. The lowest BCUT2D eigenvalue weighted by atomic mass is 10.2. The Labute approximate surface area is 175 Å². The van der Waals surface area contributed by atoms with Crippen LogP contribution in [0.15, 0.2) is 54.9 Å². The van der Waals surface area contributed by atoms with Crippen molar-refractivity contribution in [3.63, 3.8) is 0 Å². The number of nitrogens with zero attached hydrogens (tertiary/aromatic N) is 2. The monoisotopic (exact) mass is 404 g/mol. The third kappa shape index (κ3) is 5.00. The number of carbonyl (C=O) groups excluding carboxylic acids is 1. The number of fused-ring (bicyclic) bond motifs is 1. The number of esters is 1.